The van der Waals surface area contributed by atoms with Gasteiger partial charge < -0.3 is 19.5 Å². The first-order valence-corrected chi connectivity index (χ1v) is 5.65. The molecule has 17 heavy (non-hydrogen) atoms. The molecule has 1 aliphatic rings. The van der Waals surface area contributed by atoms with Crippen molar-refractivity contribution >= 4 is 5.82 Å². The number of rotatable bonds is 5. The van der Waals surface area contributed by atoms with Gasteiger partial charge in [0.1, 0.15) is 5.60 Å². The first-order valence-electron chi connectivity index (χ1n) is 5.65. The van der Waals surface area contributed by atoms with Crippen molar-refractivity contribution in [3.63, 3.8) is 0 Å². The molecule has 0 aliphatic carbocycles. The van der Waals surface area contributed by atoms with E-state index in [4.69, 9.17) is 14.2 Å². The molecule has 5 nitrogen and oxygen atoms in total. The van der Waals surface area contributed by atoms with Gasteiger partial charge in [0.25, 0.3) is 0 Å². The molecule has 1 N–H and O–H groups in total. The van der Waals surface area contributed by atoms with Crippen LogP contribution in [0.3, 0.4) is 0 Å². The van der Waals surface area contributed by atoms with Gasteiger partial charge in [-0.15, -0.1) is 0 Å². The molecule has 5 heteroatoms. The first-order chi connectivity index (χ1) is 8.29. The molecule has 1 aliphatic heterocycles. The number of pyridine rings is 1. The smallest absolute Gasteiger partial charge is 0.168 e. The third-order valence-electron chi connectivity index (χ3n) is 3.07. The fourth-order valence-corrected chi connectivity index (χ4v) is 1.89. The topological polar surface area (TPSA) is 52.6 Å². The largest absolute Gasteiger partial charge is 0.493 e. The zero-order valence-electron chi connectivity index (χ0n) is 10.2. The quantitative estimate of drug-likeness (QED) is 0.838. The monoisotopic (exact) mass is 238 g/mol. The predicted octanol–water partition coefficient (Wildman–Crippen LogP) is 1.31. The fourth-order valence-electron chi connectivity index (χ4n) is 1.89. The van der Waals surface area contributed by atoms with Crippen molar-refractivity contribution in [3.8, 4) is 5.75 Å². The molecule has 2 rings (SSSR count). The van der Waals surface area contributed by atoms with E-state index in [-0.39, 0.29) is 5.60 Å². The van der Waals surface area contributed by atoms with Crippen molar-refractivity contribution in [3.05, 3.63) is 18.3 Å². The zero-order valence-corrected chi connectivity index (χ0v) is 10.2. The Kier molecular flexibility index (Phi) is 3.81. The van der Waals surface area contributed by atoms with E-state index in [2.05, 4.69) is 10.3 Å². The summed E-state index contributed by atoms with van der Waals surface area (Å²) in [5.74, 6) is 1.47. The molecular weight excluding hydrogens is 220 g/mol. The van der Waals surface area contributed by atoms with Crippen molar-refractivity contribution < 1.29 is 14.2 Å². The van der Waals surface area contributed by atoms with Gasteiger partial charge in [-0.3, -0.25) is 0 Å². The molecule has 0 saturated carbocycles. The lowest BCUT2D eigenvalue weighted by atomic mass is 10.0. The first kappa shape index (κ1) is 12.1. The summed E-state index contributed by atoms with van der Waals surface area (Å²) in [6.45, 7) is 2.03. The summed E-state index contributed by atoms with van der Waals surface area (Å²) < 4.78 is 16.1. The highest BCUT2D eigenvalue weighted by atomic mass is 16.5. The normalized spacial score (nSPS) is 23.6. The minimum absolute atomic E-state index is 0.247. The average molecular weight is 238 g/mol. The lowest BCUT2D eigenvalue weighted by Gasteiger charge is -2.26. The van der Waals surface area contributed by atoms with E-state index in [9.17, 15) is 0 Å². The maximum atomic E-state index is 5.54. The second-order valence-corrected chi connectivity index (χ2v) is 4.10. The number of nitrogens with zero attached hydrogens (tertiary/aromatic N) is 1. The van der Waals surface area contributed by atoms with Gasteiger partial charge in [0.05, 0.1) is 13.7 Å². The summed E-state index contributed by atoms with van der Waals surface area (Å²) in [6.07, 6.45) is 2.63. The number of nitrogens with one attached hydrogen (secondary N) is 1. The van der Waals surface area contributed by atoms with Crippen LogP contribution in [0.15, 0.2) is 18.3 Å². The van der Waals surface area contributed by atoms with Crippen LogP contribution in [-0.2, 0) is 9.47 Å². The number of aromatic nitrogens is 1. The highest BCUT2D eigenvalue weighted by molar-refractivity contribution is 5.49. The maximum Gasteiger partial charge on any atom is 0.168 e. The Morgan fingerprint density at radius 1 is 1.53 bits per heavy atom. The molecule has 0 radical (unpaired) electrons. The van der Waals surface area contributed by atoms with Gasteiger partial charge in [-0.05, 0) is 12.1 Å². The molecule has 1 atom stereocenters. The van der Waals surface area contributed by atoms with Crippen LogP contribution in [0, 0.1) is 0 Å². The van der Waals surface area contributed by atoms with Gasteiger partial charge in [0.15, 0.2) is 11.6 Å². The molecule has 1 aromatic heterocycles. The van der Waals surface area contributed by atoms with Crippen molar-refractivity contribution in [2.24, 2.45) is 0 Å². The lowest BCUT2D eigenvalue weighted by molar-refractivity contribution is -0.00627. The number of anilines is 1. The second-order valence-electron chi connectivity index (χ2n) is 4.10. The van der Waals surface area contributed by atoms with Crippen LogP contribution in [0.5, 0.6) is 5.75 Å². The minimum Gasteiger partial charge on any atom is -0.493 e. The van der Waals surface area contributed by atoms with Crippen LogP contribution in [0.25, 0.3) is 0 Å². The molecule has 2 heterocycles. The van der Waals surface area contributed by atoms with E-state index < -0.39 is 0 Å². The summed E-state index contributed by atoms with van der Waals surface area (Å²) in [7, 11) is 3.35. The van der Waals surface area contributed by atoms with Crippen molar-refractivity contribution in [2.75, 3.05) is 39.3 Å². The maximum absolute atomic E-state index is 5.54. The van der Waals surface area contributed by atoms with E-state index in [0.717, 1.165) is 24.6 Å². The summed E-state index contributed by atoms with van der Waals surface area (Å²) >= 11 is 0. The average Bonchev–Trinajstić information content (AvgIpc) is 2.86. The van der Waals surface area contributed by atoms with E-state index in [1.807, 2.05) is 12.1 Å². The fraction of sp³-hybridized carbons (Fsp3) is 0.583. The number of hydrogen-bond acceptors (Lipinski definition) is 5. The molecule has 0 amide bonds. The Bertz CT molecular complexity index is 365. The Hall–Kier alpha value is -1.33. The van der Waals surface area contributed by atoms with Crippen molar-refractivity contribution in [1.29, 1.82) is 0 Å². The van der Waals surface area contributed by atoms with Crippen molar-refractivity contribution in [2.45, 2.75) is 12.0 Å². The van der Waals surface area contributed by atoms with Gasteiger partial charge >= 0.3 is 0 Å². The van der Waals surface area contributed by atoms with Crippen molar-refractivity contribution in [1.82, 2.24) is 4.98 Å². The summed E-state index contributed by atoms with van der Waals surface area (Å²) in [6, 6.07) is 3.72. The zero-order chi connectivity index (χ0) is 12.1. The highest BCUT2D eigenvalue weighted by Crippen LogP contribution is 2.25. The van der Waals surface area contributed by atoms with Crippen LogP contribution in [0.4, 0.5) is 5.82 Å². The molecule has 1 unspecified atom stereocenters. The molecule has 94 valence electrons. The van der Waals surface area contributed by atoms with E-state index >= 15 is 0 Å². The number of methoxy groups -OCH3 is 2. The van der Waals surface area contributed by atoms with E-state index in [1.54, 1.807) is 20.4 Å². The molecule has 1 aromatic rings. The summed E-state index contributed by atoms with van der Waals surface area (Å²) in [5, 5.41) is 3.26. The molecule has 0 bridgehead atoms. The standard InChI is InChI=1S/C12H18N2O3/c1-15-10-4-3-6-13-11(10)14-8-12(16-2)5-7-17-9-12/h3-4,6H,5,7-9H2,1-2H3,(H,13,14). The van der Waals surface area contributed by atoms with Gasteiger partial charge in [-0.25, -0.2) is 4.98 Å². The molecular formula is C12H18N2O3. The molecule has 0 spiro atoms. The van der Waals surface area contributed by atoms with Gasteiger partial charge in [0, 0.05) is 32.9 Å². The second kappa shape index (κ2) is 5.33. The third kappa shape index (κ3) is 2.68. The van der Waals surface area contributed by atoms with E-state index in [1.165, 1.54) is 0 Å². The number of ether oxygens (including phenoxy) is 3. The Morgan fingerprint density at radius 2 is 2.41 bits per heavy atom. The van der Waals surface area contributed by atoms with Crippen LogP contribution < -0.4 is 10.1 Å². The number of hydrogen-bond donors (Lipinski definition) is 1. The Labute approximate surface area is 101 Å². The lowest BCUT2D eigenvalue weighted by Crippen LogP contribution is -2.39. The minimum atomic E-state index is -0.247. The predicted molar refractivity (Wildman–Crippen MR) is 64.5 cm³/mol. The highest BCUT2D eigenvalue weighted by Gasteiger charge is 2.34. The van der Waals surface area contributed by atoms with E-state index in [0.29, 0.717) is 13.2 Å². The van der Waals surface area contributed by atoms with Crippen LogP contribution in [0.2, 0.25) is 0 Å². The SMILES string of the molecule is COc1cccnc1NCC1(OC)CCOC1. The van der Waals surface area contributed by atoms with Gasteiger partial charge in [-0.2, -0.15) is 0 Å². The third-order valence-corrected chi connectivity index (χ3v) is 3.07. The Balaban J connectivity index is 2.01. The molecule has 0 aromatic carbocycles. The van der Waals surface area contributed by atoms with Gasteiger partial charge in [0.2, 0.25) is 0 Å². The summed E-state index contributed by atoms with van der Waals surface area (Å²) in [5.41, 5.74) is -0.247. The Morgan fingerprint density at radius 3 is 3.06 bits per heavy atom. The van der Waals surface area contributed by atoms with Crippen LogP contribution in [0.1, 0.15) is 6.42 Å². The van der Waals surface area contributed by atoms with Gasteiger partial charge in [-0.1, -0.05) is 0 Å². The summed E-state index contributed by atoms with van der Waals surface area (Å²) in [4.78, 5) is 4.24. The molecule has 1 fully saturated rings. The van der Waals surface area contributed by atoms with Crippen LogP contribution >= 0.6 is 0 Å². The molecule has 1 saturated heterocycles. The van der Waals surface area contributed by atoms with Crippen LogP contribution in [-0.4, -0.2) is 44.6 Å².